The van der Waals surface area contributed by atoms with Crippen LogP contribution in [0.1, 0.15) is 75.5 Å². The van der Waals surface area contributed by atoms with Crippen molar-refractivity contribution in [1.29, 1.82) is 0 Å². The average Bonchev–Trinajstić information content (AvgIpc) is 3.45. The second-order valence-corrected chi connectivity index (χ2v) is 16.4. The molecule has 0 unspecified atom stereocenters. The molecule has 1 aliphatic heterocycles. The maximum Gasteiger partial charge on any atom is 0.300 e. The lowest BCUT2D eigenvalue weighted by atomic mass is 9.66. The molecule has 3 atom stereocenters. The largest absolute Gasteiger partial charge is 0.471 e. The number of nitrogens with one attached hydrogen (secondary N) is 2. The van der Waals surface area contributed by atoms with Crippen molar-refractivity contribution in [3.8, 4) is 5.75 Å². The summed E-state index contributed by atoms with van der Waals surface area (Å²) in [6, 6.07) is 23.5. The van der Waals surface area contributed by atoms with Crippen LogP contribution in [0.4, 0.5) is 23.1 Å². The van der Waals surface area contributed by atoms with E-state index >= 15 is 0 Å². The van der Waals surface area contributed by atoms with Crippen LogP contribution in [0.2, 0.25) is 5.02 Å². The van der Waals surface area contributed by atoms with Crippen LogP contribution in [0, 0.1) is 5.92 Å². The number of fused-ring (bicyclic) bond motifs is 4. The van der Waals surface area contributed by atoms with Crippen molar-refractivity contribution in [3.63, 3.8) is 0 Å². The molecule has 9 heteroatoms. The minimum atomic E-state index is -1.63. The molecule has 260 valence electrons. The van der Waals surface area contributed by atoms with Gasteiger partial charge in [0.25, 0.3) is 11.9 Å². The third-order valence-electron chi connectivity index (χ3n) is 10.1. The van der Waals surface area contributed by atoms with E-state index in [1.54, 1.807) is 6.07 Å². The smallest absolute Gasteiger partial charge is 0.300 e. The molecule has 1 aromatic heterocycles. The van der Waals surface area contributed by atoms with Crippen molar-refractivity contribution in [2.45, 2.75) is 76.9 Å². The summed E-state index contributed by atoms with van der Waals surface area (Å²) >= 11 is 6.73. The molecule has 0 spiro atoms. The summed E-state index contributed by atoms with van der Waals surface area (Å²) in [6.45, 7) is 13.0. The molecule has 2 aliphatic rings. The first-order valence-electron chi connectivity index (χ1n) is 17.1. The maximum absolute atomic E-state index is 14.6. The first-order valence-corrected chi connectivity index (χ1v) is 17.5. The molecular weight excluding hydrogens is 648 g/mol. The van der Waals surface area contributed by atoms with Crippen molar-refractivity contribution in [2.24, 2.45) is 5.92 Å². The highest BCUT2D eigenvalue weighted by Crippen LogP contribution is 2.53. The molecule has 1 aliphatic carbocycles. The van der Waals surface area contributed by atoms with Gasteiger partial charge in [-0.15, -0.1) is 0 Å². The number of aliphatic hydroxyl groups is 1. The number of oxazole rings is 1. The van der Waals surface area contributed by atoms with Crippen molar-refractivity contribution < 1.29 is 19.1 Å². The van der Waals surface area contributed by atoms with Crippen molar-refractivity contribution in [1.82, 2.24) is 4.98 Å². The van der Waals surface area contributed by atoms with Crippen molar-refractivity contribution in [3.05, 3.63) is 106 Å². The Morgan fingerprint density at radius 3 is 2.32 bits per heavy atom. The van der Waals surface area contributed by atoms with E-state index in [9.17, 15) is 9.90 Å². The van der Waals surface area contributed by atoms with Crippen molar-refractivity contribution >= 4 is 51.7 Å². The summed E-state index contributed by atoms with van der Waals surface area (Å²) < 4.78 is 13.3. The van der Waals surface area contributed by atoms with Gasteiger partial charge < -0.3 is 29.8 Å². The molecule has 0 bridgehead atoms. The predicted molar refractivity (Wildman–Crippen MR) is 201 cm³/mol. The summed E-state index contributed by atoms with van der Waals surface area (Å²) in [4.78, 5) is 21.5. The van der Waals surface area contributed by atoms with Gasteiger partial charge in [-0.25, -0.2) is 0 Å². The fraction of sp³-hybridized carbons (Fsp3) is 0.366. The zero-order valence-electron chi connectivity index (χ0n) is 29.9. The summed E-state index contributed by atoms with van der Waals surface area (Å²) in [7, 11) is 3.93. The highest BCUT2D eigenvalue weighted by Gasteiger charge is 2.59. The highest BCUT2D eigenvalue weighted by atomic mass is 35.5. The predicted octanol–water partition coefficient (Wildman–Crippen LogP) is 9.10. The first-order chi connectivity index (χ1) is 23.5. The molecule has 0 saturated heterocycles. The Labute approximate surface area is 298 Å². The molecular formula is C41H45ClN4O4. The molecule has 0 radical (unpaired) electrons. The quantitative estimate of drug-likeness (QED) is 0.169. The molecule has 50 heavy (non-hydrogen) atoms. The van der Waals surface area contributed by atoms with E-state index in [1.165, 1.54) is 5.56 Å². The SMILES string of the molecule is CN(C)c1ccc(NC(=O)[C@]23Oc4c(cc(Cl)cc4Nc4nc5cc(C(C)(C)C)cc(C(C)(C)C)c5o4)C[C@H]2Cc2ccccc2[C@H]3O)cc1. The van der Waals surface area contributed by atoms with Crippen LogP contribution in [-0.4, -0.2) is 35.7 Å². The van der Waals surface area contributed by atoms with Crippen LogP contribution in [-0.2, 0) is 28.5 Å². The summed E-state index contributed by atoms with van der Waals surface area (Å²) in [6.07, 6.45) is -0.226. The van der Waals surface area contributed by atoms with Crippen LogP contribution >= 0.6 is 11.6 Å². The summed E-state index contributed by atoms with van der Waals surface area (Å²) in [5, 5.41) is 19.1. The minimum Gasteiger partial charge on any atom is -0.471 e. The number of nitrogens with zero attached hydrogens (tertiary/aromatic N) is 2. The lowest BCUT2D eigenvalue weighted by molar-refractivity contribution is -0.157. The van der Waals surface area contributed by atoms with Gasteiger partial charge in [0.15, 0.2) is 5.58 Å². The average molecular weight is 693 g/mol. The lowest BCUT2D eigenvalue weighted by Crippen LogP contribution is -2.62. The summed E-state index contributed by atoms with van der Waals surface area (Å²) in [5.74, 6) is -0.363. The Balaban J connectivity index is 1.31. The summed E-state index contributed by atoms with van der Waals surface area (Å²) in [5.41, 5.74) is 6.39. The standard InChI is InChI=1S/C41H45ClN4O4/c1-39(2,3)25-20-31(40(4,5)6)35-32(21-25)44-38(49-35)45-33-22-27(42)19-24-18-26-17-23-11-9-10-12-30(23)36(47)41(26,50-34(24)33)37(48)43-28-13-15-29(16-14-28)46(7)8/h9-16,19-22,26,36,47H,17-18H2,1-8H3,(H,43,48)(H,44,45)/t26-,36-,41+/m1/s1. The first kappa shape index (κ1) is 33.9. The molecule has 8 nitrogen and oxygen atoms in total. The van der Waals surface area contributed by atoms with Gasteiger partial charge in [0, 0.05) is 42.0 Å². The fourth-order valence-electron chi connectivity index (χ4n) is 7.29. The molecule has 0 saturated carbocycles. The van der Waals surface area contributed by atoms with Crippen molar-refractivity contribution in [2.75, 3.05) is 29.6 Å². The van der Waals surface area contributed by atoms with E-state index in [-0.39, 0.29) is 22.8 Å². The van der Waals surface area contributed by atoms with E-state index in [2.05, 4.69) is 64.3 Å². The number of hydrogen-bond donors (Lipinski definition) is 3. The van der Waals surface area contributed by atoms with Gasteiger partial charge in [0.1, 0.15) is 17.4 Å². The number of aromatic nitrogens is 1. The lowest BCUT2D eigenvalue weighted by Gasteiger charge is -2.49. The second-order valence-electron chi connectivity index (χ2n) is 16.0. The number of aliphatic hydroxyl groups excluding tert-OH is 1. The van der Waals surface area contributed by atoms with E-state index in [0.717, 1.165) is 27.9 Å². The van der Waals surface area contributed by atoms with Gasteiger partial charge in [0.2, 0.25) is 5.60 Å². The Bertz CT molecular complexity index is 2110. The van der Waals surface area contributed by atoms with Gasteiger partial charge in [-0.1, -0.05) is 83.5 Å². The number of anilines is 4. The zero-order valence-corrected chi connectivity index (χ0v) is 30.7. The van der Waals surface area contributed by atoms with E-state index in [4.69, 9.17) is 25.7 Å². The minimum absolute atomic E-state index is 0.0835. The molecule has 5 aromatic rings. The van der Waals surface area contributed by atoms with Gasteiger partial charge >= 0.3 is 0 Å². The number of benzene rings is 4. The van der Waals surface area contributed by atoms with Crippen LogP contribution < -0.4 is 20.3 Å². The monoisotopic (exact) mass is 692 g/mol. The molecule has 7 rings (SSSR count). The third-order valence-corrected chi connectivity index (χ3v) is 10.3. The van der Waals surface area contributed by atoms with E-state index in [0.29, 0.717) is 46.1 Å². The van der Waals surface area contributed by atoms with Gasteiger partial charge in [0.05, 0.1) is 5.69 Å². The third kappa shape index (κ3) is 5.88. The number of amides is 1. The van der Waals surface area contributed by atoms with Crippen LogP contribution in [0.25, 0.3) is 11.1 Å². The Morgan fingerprint density at radius 2 is 1.64 bits per heavy atom. The number of hydrogen-bond acceptors (Lipinski definition) is 7. The Hall–Kier alpha value is -4.53. The molecule has 0 fully saturated rings. The maximum atomic E-state index is 14.6. The number of carbonyl (C=O) groups is 1. The normalized spacial score (nSPS) is 20.0. The zero-order chi connectivity index (χ0) is 35.7. The topological polar surface area (TPSA) is 99.9 Å². The molecule has 4 aromatic carbocycles. The Kier molecular flexibility index (Phi) is 8.19. The van der Waals surface area contributed by atoms with Crippen LogP contribution in [0.15, 0.2) is 77.2 Å². The van der Waals surface area contributed by atoms with Crippen LogP contribution in [0.5, 0.6) is 5.75 Å². The molecule has 1 amide bonds. The van der Waals surface area contributed by atoms with Gasteiger partial charge in [-0.2, -0.15) is 4.98 Å². The molecule has 2 heterocycles. The van der Waals surface area contributed by atoms with Gasteiger partial charge in [-0.05, 0) is 88.4 Å². The van der Waals surface area contributed by atoms with Gasteiger partial charge in [-0.3, -0.25) is 4.79 Å². The van der Waals surface area contributed by atoms with Crippen LogP contribution in [0.3, 0.4) is 0 Å². The van der Waals surface area contributed by atoms with E-state index in [1.807, 2.05) is 73.6 Å². The highest BCUT2D eigenvalue weighted by molar-refractivity contribution is 6.31. The fourth-order valence-corrected chi connectivity index (χ4v) is 7.53. The number of halogens is 1. The van der Waals surface area contributed by atoms with E-state index < -0.39 is 17.6 Å². The second kappa shape index (κ2) is 12.1. The Morgan fingerprint density at radius 1 is 0.940 bits per heavy atom. The molecule has 3 N–H and O–H groups in total. The number of carbonyl (C=O) groups excluding carboxylic acids is 1. The number of ether oxygens (including phenoxy) is 1. The number of rotatable bonds is 5.